The Morgan fingerprint density at radius 3 is 2.68 bits per heavy atom. The third kappa shape index (κ3) is 5.10. The Kier molecular flexibility index (Phi) is 6.88. The van der Waals surface area contributed by atoms with E-state index in [0.29, 0.717) is 5.57 Å². The van der Waals surface area contributed by atoms with Crippen LogP contribution in [0, 0.1) is 0 Å². The first kappa shape index (κ1) is 24.1. The first-order valence-corrected chi connectivity index (χ1v) is 14.0. The number of hydrogen-bond donors (Lipinski definition) is 2. The monoisotopic (exact) mass is 495 g/mol. The molecule has 2 aliphatic heterocycles. The number of para-hydroxylation sites is 1. The number of nitrogens with one attached hydrogen (secondary N) is 2. The van der Waals surface area contributed by atoms with Crippen LogP contribution in [0.1, 0.15) is 78.8 Å². The Balaban J connectivity index is 1.31. The Morgan fingerprint density at radius 1 is 1.03 bits per heavy atom. The molecule has 1 amide bonds. The van der Waals surface area contributed by atoms with E-state index in [9.17, 15) is 4.79 Å². The first-order valence-electron chi connectivity index (χ1n) is 14.0. The second-order valence-corrected chi connectivity index (χ2v) is 10.8. The number of likely N-dealkylation sites (tertiary alicyclic amines) is 1. The highest BCUT2D eigenvalue weighted by atomic mass is 16.3. The van der Waals surface area contributed by atoms with Crippen LogP contribution in [-0.2, 0) is 24.1 Å². The zero-order chi connectivity index (χ0) is 25.2. The molecule has 2 aromatic carbocycles. The van der Waals surface area contributed by atoms with Crippen LogP contribution in [0.2, 0.25) is 0 Å². The number of rotatable bonds is 7. The number of benzene rings is 2. The summed E-state index contributed by atoms with van der Waals surface area (Å²) in [7, 11) is 0. The number of nitrogens with zero attached hydrogens (tertiary/aromatic N) is 1. The molecule has 1 unspecified atom stereocenters. The fraction of sp³-hybridized carbons (Fsp3) is 0.406. The Bertz CT molecular complexity index is 1300. The van der Waals surface area contributed by atoms with E-state index in [4.69, 9.17) is 4.42 Å². The van der Waals surface area contributed by atoms with Crippen LogP contribution in [0.15, 0.2) is 52.9 Å². The van der Waals surface area contributed by atoms with Gasteiger partial charge in [-0.15, -0.1) is 0 Å². The molecule has 5 heteroatoms. The lowest BCUT2D eigenvalue weighted by Gasteiger charge is -2.26. The van der Waals surface area contributed by atoms with Gasteiger partial charge in [-0.2, -0.15) is 0 Å². The van der Waals surface area contributed by atoms with Crippen molar-refractivity contribution in [2.45, 2.75) is 64.3 Å². The molecule has 1 aliphatic carbocycles. The number of anilines is 2. The van der Waals surface area contributed by atoms with Crippen molar-refractivity contribution in [3.8, 4) is 0 Å². The highest BCUT2D eigenvalue weighted by Crippen LogP contribution is 2.39. The van der Waals surface area contributed by atoms with Gasteiger partial charge in [0.15, 0.2) is 0 Å². The standard InChI is InChI=1S/C32H37N3O2/c1-22(33-24-10-4-2-5-11-24)31-25-12-6-7-13-29(25)37-30(31)21-27-26-20-23(14-15-28(26)34-32(27)36)16-19-35-17-8-3-9-18-35/h2,4-5,10-11,14-15,20-22,33H,3,6-9,12-13,16-19H2,1H3,(H,34,36). The fourth-order valence-corrected chi connectivity index (χ4v) is 6.19. The molecule has 1 atom stereocenters. The minimum atomic E-state index is -0.0489. The smallest absolute Gasteiger partial charge is 0.256 e. The SMILES string of the molecule is CC(Nc1ccccc1)c1c(C=C2C(=O)Nc3ccc(CCN4CCCCC4)cc32)oc2c1CCCC2. The summed E-state index contributed by atoms with van der Waals surface area (Å²) < 4.78 is 6.48. The van der Waals surface area contributed by atoms with Gasteiger partial charge in [-0.05, 0) is 100 Å². The minimum Gasteiger partial charge on any atom is -0.461 e. The molecule has 3 aliphatic rings. The van der Waals surface area contributed by atoms with E-state index in [2.05, 4.69) is 52.8 Å². The Morgan fingerprint density at radius 2 is 1.84 bits per heavy atom. The summed E-state index contributed by atoms with van der Waals surface area (Å²) in [5.74, 6) is 1.86. The van der Waals surface area contributed by atoms with Gasteiger partial charge < -0.3 is 20.0 Å². The summed E-state index contributed by atoms with van der Waals surface area (Å²) in [4.78, 5) is 15.7. The quantitative estimate of drug-likeness (QED) is 0.352. The molecule has 2 N–H and O–H groups in total. The highest BCUT2D eigenvalue weighted by molar-refractivity contribution is 6.34. The molecule has 37 heavy (non-hydrogen) atoms. The maximum Gasteiger partial charge on any atom is 0.256 e. The average molecular weight is 496 g/mol. The number of carbonyl (C=O) groups excluding carboxylic acids is 1. The van der Waals surface area contributed by atoms with Crippen molar-refractivity contribution in [3.05, 3.63) is 82.3 Å². The van der Waals surface area contributed by atoms with Gasteiger partial charge in [0.05, 0.1) is 11.6 Å². The van der Waals surface area contributed by atoms with Crippen LogP contribution >= 0.6 is 0 Å². The van der Waals surface area contributed by atoms with Crippen LogP contribution < -0.4 is 10.6 Å². The molecule has 1 saturated heterocycles. The van der Waals surface area contributed by atoms with Gasteiger partial charge in [0, 0.05) is 35.5 Å². The van der Waals surface area contributed by atoms with Gasteiger partial charge in [0.2, 0.25) is 0 Å². The van der Waals surface area contributed by atoms with Gasteiger partial charge in [-0.25, -0.2) is 0 Å². The minimum absolute atomic E-state index is 0.0489. The van der Waals surface area contributed by atoms with Crippen molar-refractivity contribution in [2.24, 2.45) is 0 Å². The number of hydrogen-bond acceptors (Lipinski definition) is 4. The molecule has 0 spiro atoms. The molecular weight excluding hydrogens is 458 g/mol. The van der Waals surface area contributed by atoms with E-state index in [1.54, 1.807) is 0 Å². The number of piperidine rings is 1. The zero-order valence-electron chi connectivity index (χ0n) is 21.8. The number of furan rings is 1. The number of amides is 1. The number of fused-ring (bicyclic) bond motifs is 2. The van der Waals surface area contributed by atoms with E-state index in [-0.39, 0.29) is 11.9 Å². The molecular formula is C32H37N3O2. The molecule has 3 heterocycles. The lowest BCUT2D eigenvalue weighted by molar-refractivity contribution is -0.110. The zero-order valence-corrected chi connectivity index (χ0v) is 21.8. The van der Waals surface area contributed by atoms with Crippen LogP contribution in [0.25, 0.3) is 11.6 Å². The second kappa shape index (κ2) is 10.6. The van der Waals surface area contributed by atoms with E-state index in [1.165, 1.54) is 55.5 Å². The van der Waals surface area contributed by atoms with Crippen molar-refractivity contribution in [1.82, 2.24) is 4.90 Å². The van der Waals surface area contributed by atoms with Crippen molar-refractivity contribution in [1.29, 1.82) is 0 Å². The van der Waals surface area contributed by atoms with E-state index < -0.39 is 0 Å². The topological polar surface area (TPSA) is 57.5 Å². The number of carbonyl (C=O) groups is 1. The fourth-order valence-electron chi connectivity index (χ4n) is 6.19. The summed E-state index contributed by atoms with van der Waals surface area (Å²) in [5.41, 5.74) is 7.47. The number of aryl methyl sites for hydroxylation is 1. The normalized spacial score (nSPS) is 19.4. The molecule has 192 valence electrons. The lowest BCUT2D eigenvalue weighted by atomic mass is 9.91. The molecule has 6 rings (SSSR count). The summed E-state index contributed by atoms with van der Waals surface area (Å²) in [6.45, 7) is 5.68. The molecule has 1 aromatic heterocycles. The van der Waals surface area contributed by atoms with Crippen molar-refractivity contribution in [2.75, 3.05) is 30.3 Å². The predicted octanol–water partition coefficient (Wildman–Crippen LogP) is 6.85. The highest BCUT2D eigenvalue weighted by Gasteiger charge is 2.29. The molecule has 0 radical (unpaired) electrons. The maximum absolute atomic E-state index is 13.1. The van der Waals surface area contributed by atoms with Gasteiger partial charge in [0.25, 0.3) is 5.91 Å². The van der Waals surface area contributed by atoms with Crippen LogP contribution in [0.5, 0.6) is 0 Å². The summed E-state index contributed by atoms with van der Waals surface area (Å²) in [5, 5.41) is 6.73. The second-order valence-electron chi connectivity index (χ2n) is 10.8. The maximum atomic E-state index is 13.1. The molecule has 5 nitrogen and oxygen atoms in total. The third-order valence-corrected chi connectivity index (χ3v) is 8.14. The first-order chi connectivity index (χ1) is 18.2. The summed E-state index contributed by atoms with van der Waals surface area (Å²) in [6.07, 6.45) is 11.3. The van der Waals surface area contributed by atoms with Crippen LogP contribution in [0.4, 0.5) is 11.4 Å². The van der Waals surface area contributed by atoms with E-state index in [1.807, 2.05) is 24.3 Å². The van der Waals surface area contributed by atoms with Gasteiger partial charge in [0.1, 0.15) is 11.5 Å². The molecule has 0 saturated carbocycles. The Hall–Kier alpha value is -3.31. The van der Waals surface area contributed by atoms with Crippen molar-refractivity contribution < 1.29 is 9.21 Å². The van der Waals surface area contributed by atoms with E-state index in [0.717, 1.165) is 60.7 Å². The third-order valence-electron chi connectivity index (χ3n) is 8.14. The summed E-state index contributed by atoms with van der Waals surface area (Å²) >= 11 is 0. The van der Waals surface area contributed by atoms with E-state index >= 15 is 0 Å². The van der Waals surface area contributed by atoms with Crippen LogP contribution in [-0.4, -0.2) is 30.4 Å². The summed E-state index contributed by atoms with van der Waals surface area (Å²) in [6, 6.07) is 16.8. The Labute approximate surface area is 219 Å². The lowest BCUT2D eigenvalue weighted by Crippen LogP contribution is -2.31. The van der Waals surface area contributed by atoms with Gasteiger partial charge >= 0.3 is 0 Å². The van der Waals surface area contributed by atoms with Gasteiger partial charge in [-0.3, -0.25) is 4.79 Å². The average Bonchev–Trinajstić information content (AvgIpc) is 3.45. The molecule has 3 aromatic rings. The predicted molar refractivity (Wildman–Crippen MR) is 151 cm³/mol. The molecule has 0 bridgehead atoms. The van der Waals surface area contributed by atoms with Gasteiger partial charge in [-0.1, -0.05) is 30.7 Å². The van der Waals surface area contributed by atoms with Crippen molar-refractivity contribution >= 4 is 28.9 Å². The van der Waals surface area contributed by atoms with Crippen LogP contribution in [0.3, 0.4) is 0 Å². The van der Waals surface area contributed by atoms with Crippen molar-refractivity contribution in [3.63, 3.8) is 0 Å². The molecule has 1 fully saturated rings. The largest absolute Gasteiger partial charge is 0.461 e.